The van der Waals surface area contributed by atoms with Crippen molar-refractivity contribution in [3.8, 4) is 0 Å². The maximum absolute atomic E-state index is 9.84. The molecule has 0 fully saturated rings. The molecule has 3 aromatic rings. The van der Waals surface area contributed by atoms with Crippen LogP contribution in [0, 0.1) is 0 Å². The maximum Gasteiger partial charge on any atom is 0.156 e. The van der Waals surface area contributed by atoms with Crippen molar-refractivity contribution in [3.05, 3.63) is 42.0 Å². The molecule has 0 bridgehead atoms. The van der Waals surface area contributed by atoms with Crippen LogP contribution in [-0.2, 0) is 6.54 Å². The fraction of sp³-hybridized carbons (Fsp3) is 0.231. The summed E-state index contributed by atoms with van der Waals surface area (Å²) in [5.74, 6) is 1.29. The van der Waals surface area contributed by atoms with Gasteiger partial charge in [0.05, 0.1) is 23.8 Å². The lowest BCUT2D eigenvalue weighted by molar-refractivity contribution is 0.184. The summed E-state index contributed by atoms with van der Waals surface area (Å²) in [5, 5.41) is 13.5. The molecule has 0 amide bonds. The molecular weight excluding hydrogens is 244 g/mol. The van der Waals surface area contributed by atoms with Crippen molar-refractivity contribution in [2.75, 3.05) is 5.73 Å². The quantitative estimate of drug-likeness (QED) is 0.698. The van der Waals surface area contributed by atoms with E-state index in [1.165, 1.54) is 0 Å². The number of aromatic nitrogens is 3. The van der Waals surface area contributed by atoms with Crippen LogP contribution in [0.2, 0.25) is 0 Å². The third-order valence-corrected chi connectivity index (χ3v) is 2.98. The van der Waals surface area contributed by atoms with E-state index >= 15 is 0 Å². The number of imidazole rings is 1. The maximum atomic E-state index is 9.84. The van der Waals surface area contributed by atoms with Crippen molar-refractivity contribution in [1.29, 1.82) is 0 Å². The van der Waals surface area contributed by atoms with Crippen molar-refractivity contribution in [3.63, 3.8) is 0 Å². The molecule has 98 valence electrons. The number of hydrogen-bond acceptors (Lipinski definition) is 5. The van der Waals surface area contributed by atoms with Crippen LogP contribution in [-0.4, -0.2) is 19.8 Å². The number of aliphatic hydroxyl groups is 1. The second kappa shape index (κ2) is 4.40. The van der Waals surface area contributed by atoms with Crippen molar-refractivity contribution >= 4 is 16.7 Å². The van der Waals surface area contributed by atoms with Gasteiger partial charge in [0.15, 0.2) is 5.76 Å². The van der Waals surface area contributed by atoms with E-state index in [0.717, 1.165) is 11.0 Å². The van der Waals surface area contributed by atoms with Crippen LogP contribution in [0.25, 0.3) is 11.0 Å². The van der Waals surface area contributed by atoms with Gasteiger partial charge in [-0.25, -0.2) is 4.98 Å². The summed E-state index contributed by atoms with van der Waals surface area (Å²) in [6.45, 7) is 2.15. The molecular formula is C13H14N4O2. The molecule has 3 N–H and O–H groups in total. The summed E-state index contributed by atoms with van der Waals surface area (Å²) in [4.78, 5) is 4.42. The Morgan fingerprint density at radius 2 is 2.26 bits per heavy atom. The van der Waals surface area contributed by atoms with Crippen molar-refractivity contribution in [2.45, 2.75) is 19.6 Å². The number of benzene rings is 1. The number of fused-ring (bicyclic) bond motifs is 1. The molecule has 6 heteroatoms. The highest BCUT2D eigenvalue weighted by atomic mass is 16.5. The second-order valence-electron chi connectivity index (χ2n) is 4.46. The average molecular weight is 258 g/mol. The number of nitrogens with zero attached hydrogens (tertiary/aromatic N) is 3. The number of nitrogen functional groups attached to an aromatic ring is 1. The Balaban J connectivity index is 2.16. The van der Waals surface area contributed by atoms with Gasteiger partial charge in [-0.3, -0.25) is 0 Å². The standard InChI is InChI=1S/C13H14N4O2/c1-8(18)13-16-11-6-9(14)2-3-12(11)17(13)7-10-4-5-15-19-10/h2-6,8,18H,7,14H2,1H3. The highest BCUT2D eigenvalue weighted by Gasteiger charge is 2.16. The van der Waals surface area contributed by atoms with E-state index in [1.807, 2.05) is 16.7 Å². The predicted molar refractivity (Wildman–Crippen MR) is 70.4 cm³/mol. The molecule has 0 aliphatic heterocycles. The van der Waals surface area contributed by atoms with Gasteiger partial charge in [0, 0.05) is 11.8 Å². The van der Waals surface area contributed by atoms with Gasteiger partial charge >= 0.3 is 0 Å². The Bertz CT molecular complexity index is 701. The lowest BCUT2D eigenvalue weighted by atomic mass is 10.3. The van der Waals surface area contributed by atoms with Crippen molar-refractivity contribution in [2.24, 2.45) is 0 Å². The van der Waals surface area contributed by atoms with Crippen LogP contribution in [0.4, 0.5) is 5.69 Å². The predicted octanol–water partition coefficient (Wildman–Crippen LogP) is 1.71. The Morgan fingerprint density at radius 1 is 1.42 bits per heavy atom. The number of nitrogens with two attached hydrogens (primary N) is 1. The van der Waals surface area contributed by atoms with Crippen LogP contribution in [0.1, 0.15) is 24.6 Å². The van der Waals surface area contributed by atoms with Crippen LogP contribution in [0.3, 0.4) is 0 Å². The molecule has 0 saturated heterocycles. The molecule has 19 heavy (non-hydrogen) atoms. The zero-order valence-corrected chi connectivity index (χ0v) is 10.4. The van der Waals surface area contributed by atoms with Crippen LogP contribution in [0.15, 0.2) is 35.0 Å². The molecule has 0 saturated carbocycles. The Hall–Kier alpha value is -2.34. The number of hydrogen-bond donors (Lipinski definition) is 2. The first-order chi connectivity index (χ1) is 9.15. The van der Waals surface area contributed by atoms with Gasteiger partial charge in [-0.05, 0) is 25.1 Å². The van der Waals surface area contributed by atoms with E-state index in [0.29, 0.717) is 23.8 Å². The van der Waals surface area contributed by atoms with Crippen molar-refractivity contribution in [1.82, 2.24) is 14.7 Å². The van der Waals surface area contributed by atoms with Crippen LogP contribution < -0.4 is 5.73 Å². The number of anilines is 1. The molecule has 6 nitrogen and oxygen atoms in total. The monoisotopic (exact) mass is 258 g/mol. The lowest BCUT2D eigenvalue weighted by Crippen LogP contribution is -2.07. The molecule has 0 aliphatic carbocycles. The summed E-state index contributed by atoms with van der Waals surface area (Å²) in [6, 6.07) is 7.28. The summed E-state index contributed by atoms with van der Waals surface area (Å²) < 4.78 is 7.01. The SMILES string of the molecule is CC(O)c1nc2cc(N)ccc2n1Cc1ccno1. The third kappa shape index (κ3) is 2.06. The molecule has 1 aromatic carbocycles. The van der Waals surface area contributed by atoms with Gasteiger partial charge in [-0.1, -0.05) is 5.16 Å². The van der Waals surface area contributed by atoms with Gasteiger partial charge in [0.1, 0.15) is 11.9 Å². The minimum atomic E-state index is -0.670. The highest BCUT2D eigenvalue weighted by Crippen LogP contribution is 2.23. The average Bonchev–Trinajstić information content (AvgIpc) is 2.97. The van der Waals surface area contributed by atoms with Gasteiger partial charge in [-0.15, -0.1) is 0 Å². The summed E-state index contributed by atoms with van der Waals surface area (Å²) in [5.41, 5.74) is 8.07. The van der Waals surface area contributed by atoms with E-state index in [-0.39, 0.29) is 0 Å². The largest absolute Gasteiger partial charge is 0.399 e. The fourth-order valence-corrected chi connectivity index (χ4v) is 2.13. The van der Waals surface area contributed by atoms with E-state index in [4.69, 9.17) is 10.3 Å². The molecule has 1 unspecified atom stereocenters. The first kappa shape index (κ1) is 11.7. The third-order valence-electron chi connectivity index (χ3n) is 2.98. The minimum absolute atomic E-state index is 0.473. The zero-order chi connectivity index (χ0) is 13.4. The lowest BCUT2D eigenvalue weighted by Gasteiger charge is -2.08. The molecule has 0 radical (unpaired) electrons. The van der Waals surface area contributed by atoms with E-state index in [9.17, 15) is 5.11 Å². The van der Waals surface area contributed by atoms with Gasteiger partial charge < -0.3 is 19.9 Å². The molecule has 0 aliphatic rings. The van der Waals surface area contributed by atoms with E-state index in [2.05, 4.69) is 10.1 Å². The fourth-order valence-electron chi connectivity index (χ4n) is 2.13. The second-order valence-corrected chi connectivity index (χ2v) is 4.46. The van der Waals surface area contributed by atoms with Gasteiger partial charge in [0.25, 0.3) is 0 Å². The summed E-state index contributed by atoms with van der Waals surface area (Å²) in [6.07, 6.45) is 0.922. The van der Waals surface area contributed by atoms with Crippen molar-refractivity contribution < 1.29 is 9.63 Å². The van der Waals surface area contributed by atoms with E-state index < -0.39 is 6.10 Å². The normalized spacial score (nSPS) is 12.9. The summed E-state index contributed by atoms with van der Waals surface area (Å²) in [7, 11) is 0. The summed E-state index contributed by atoms with van der Waals surface area (Å²) >= 11 is 0. The molecule has 3 rings (SSSR count). The van der Waals surface area contributed by atoms with Crippen LogP contribution >= 0.6 is 0 Å². The Kier molecular flexibility index (Phi) is 2.72. The molecule has 2 aromatic heterocycles. The first-order valence-corrected chi connectivity index (χ1v) is 5.98. The number of aliphatic hydroxyl groups excluding tert-OH is 1. The Morgan fingerprint density at radius 3 is 2.95 bits per heavy atom. The van der Waals surface area contributed by atoms with Gasteiger partial charge in [-0.2, -0.15) is 0 Å². The molecule has 2 heterocycles. The zero-order valence-electron chi connectivity index (χ0n) is 10.4. The number of rotatable bonds is 3. The molecule has 1 atom stereocenters. The van der Waals surface area contributed by atoms with E-state index in [1.54, 1.807) is 25.3 Å². The highest BCUT2D eigenvalue weighted by molar-refractivity contribution is 5.79. The smallest absolute Gasteiger partial charge is 0.156 e. The molecule has 0 spiro atoms. The van der Waals surface area contributed by atoms with Gasteiger partial charge in [0.2, 0.25) is 0 Å². The Labute approximate surface area is 109 Å². The topological polar surface area (TPSA) is 90.1 Å². The van der Waals surface area contributed by atoms with Crippen LogP contribution in [0.5, 0.6) is 0 Å². The minimum Gasteiger partial charge on any atom is -0.399 e. The first-order valence-electron chi connectivity index (χ1n) is 5.98.